The third-order valence-electron chi connectivity index (χ3n) is 2.72. The molecule has 0 unspecified atom stereocenters. The van der Waals surface area contributed by atoms with Gasteiger partial charge in [0.05, 0.1) is 20.1 Å². The molecule has 0 fully saturated rings. The van der Waals surface area contributed by atoms with Gasteiger partial charge in [0.15, 0.2) is 0 Å². The Morgan fingerprint density at radius 3 is 2.67 bits per heavy atom. The molecule has 4 nitrogen and oxygen atoms in total. The van der Waals surface area contributed by atoms with E-state index in [4.69, 9.17) is 9.84 Å². The molecule has 0 aliphatic rings. The molecule has 1 aromatic carbocycles. The lowest BCUT2D eigenvalue weighted by atomic mass is 10.0. The van der Waals surface area contributed by atoms with Gasteiger partial charge < -0.3 is 14.6 Å². The summed E-state index contributed by atoms with van der Waals surface area (Å²) >= 11 is 0. The number of aliphatic hydroxyl groups is 1. The SMILES string of the molecule is CCc1cccc(CCO)c1OCCC(=O)OC. The van der Waals surface area contributed by atoms with Crippen molar-refractivity contribution in [3.8, 4) is 5.75 Å². The van der Waals surface area contributed by atoms with Crippen LogP contribution in [0.25, 0.3) is 0 Å². The van der Waals surface area contributed by atoms with Gasteiger partial charge in [0.25, 0.3) is 0 Å². The molecule has 18 heavy (non-hydrogen) atoms. The number of methoxy groups -OCH3 is 1. The molecule has 0 saturated carbocycles. The van der Waals surface area contributed by atoms with Crippen LogP contribution in [0, 0.1) is 0 Å². The summed E-state index contributed by atoms with van der Waals surface area (Å²) in [4.78, 5) is 11.0. The number of benzene rings is 1. The zero-order valence-electron chi connectivity index (χ0n) is 10.9. The van der Waals surface area contributed by atoms with Gasteiger partial charge in [-0.25, -0.2) is 0 Å². The number of carbonyl (C=O) groups is 1. The first-order valence-corrected chi connectivity index (χ1v) is 6.14. The normalized spacial score (nSPS) is 10.2. The van der Waals surface area contributed by atoms with Gasteiger partial charge in [0, 0.05) is 6.61 Å². The average Bonchev–Trinajstić information content (AvgIpc) is 2.40. The van der Waals surface area contributed by atoms with E-state index in [1.165, 1.54) is 7.11 Å². The molecule has 100 valence electrons. The Bertz CT molecular complexity index is 387. The quantitative estimate of drug-likeness (QED) is 0.751. The number of aliphatic hydroxyl groups excluding tert-OH is 1. The minimum atomic E-state index is -0.285. The molecule has 0 spiro atoms. The summed E-state index contributed by atoms with van der Waals surface area (Å²) in [5.41, 5.74) is 2.06. The van der Waals surface area contributed by atoms with Crippen LogP contribution < -0.4 is 4.74 Å². The summed E-state index contributed by atoms with van der Waals surface area (Å²) in [5, 5.41) is 9.03. The van der Waals surface area contributed by atoms with E-state index >= 15 is 0 Å². The highest BCUT2D eigenvalue weighted by atomic mass is 16.5. The maximum atomic E-state index is 11.0. The maximum absolute atomic E-state index is 11.0. The zero-order valence-corrected chi connectivity index (χ0v) is 10.9. The van der Waals surface area contributed by atoms with Crippen LogP contribution in [-0.4, -0.2) is 31.4 Å². The molecule has 0 saturated heterocycles. The fourth-order valence-corrected chi connectivity index (χ4v) is 1.76. The van der Waals surface area contributed by atoms with Crippen molar-refractivity contribution in [1.29, 1.82) is 0 Å². The molecule has 0 radical (unpaired) electrons. The fourth-order valence-electron chi connectivity index (χ4n) is 1.76. The zero-order chi connectivity index (χ0) is 13.4. The van der Waals surface area contributed by atoms with Crippen LogP contribution in [0.2, 0.25) is 0 Å². The van der Waals surface area contributed by atoms with E-state index in [2.05, 4.69) is 4.74 Å². The first-order chi connectivity index (χ1) is 8.72. The molecule has 1 N–H and O–H groups in total. The molecule has 0 amide bonds. The van der Waals surface area contributed by atoms with Gasteiger partial charge in [-0.3, -0.25) is 4.79 Å². The van der Waals surface area contributed by atoms with Crippen LogP contribution in [0.5, 0.6) is 5.75 Å². The molecule has 1 rings (SSSR count). The molecule has 0 aromatic heterocycles. The third kappa shape index (κ3) is 4.04. The van der Waals surface area contributed by atoms with Gasteiger partial charge in [-0.15, -0.1) is 0 Å². The number of para-hydroxylation sites is 1. The minimum Gasteiger partial charge on any atom is -0.492 e. The third-order valence-corrected chi connectivity index (χ3v) is 2.72. The van der Waals surface area contributed by atoms with E-state index in [9.17, 15) is 4.79 Å². The Labute approximate surface area is 108 Å². The molecular weight excluding hydrogens is 232 g/mol. The lowest BCUT2D eigenvalue weighted by Gasteiger charge is -2.14. The Morgan fingerprint density at radius 2 is 2.06 bits per heavy atom. The van der Waals surface area contributed by atoms with E-state index in [1.807, 2.05) is 25.1 Å². The van der Waals surface area contributed by atoms with Gasteiger partial charge in [0.1, 0.15) is 5.75 Å². The van der Waals surface area contributed by atoms with Crippen molar-refractivity contribution in [2.24, 2.45) is 0 Å². The first kappa shape index (κ1) is 14.5. The van der Waals surface area contributed by atoms with Crippen molar-refractivity contribution in [2.45, 2.75) is 26.2 Å². The van der Waals surface area contributed by atoms with Crippen LogP contribution in [-0.2, 0) is 22.4 Å². The van der Waals surface area contributed by atoms with Crippen LogP contribution in [0.3, 0.4) is 0 Å². The minimum absolute atomic E-state index is 0.0839. The Morgan fingerprint density at radius 1 is 1.33 bits per heavy atom. The van der Waals surface area contributed by atoms with Gasteiger partial charge in [-0.05, 0) is 24.0 Å². The number of aryl methyl sites for hydroxylation is 1. The largest absolute Gasteiger partial charge is 0.492 e. The van der Waals surface area contributed by atoms with E-state index in [0.29, 0.717) is 13.0 Å². The molecule has 4 heteroatoms. The molecule has 1 aromatic rings. The van der Waals surface area contributed by atoms with Crippen molar-refractivity contribution in [2.75, 3.05) is 20.3 Å². The highest BCUT2D eigenvalue weighted by Crippen LogP contribution is 2.25. The second kappa shape index (κ2) is 7.71. The lowest BCUT2D eigenvalue weighted by molar-refractivity contribution is -0.141. The van der Waals surface area contributed by atoms with E-state index in [0.717, 1.165) is 23.3 Å². The van der Waals surface area contributed by atoms with Gasteiger partial charge in [0.2, 0.25) is 0 Å². The maximum Gasteiger partial charge on any atom is 0.308 e. The summed E-state index contributed by atoms with van der Waals surface area (Å²) in [6.45, 7) is 2.42. The van der Waals surface area contributed by atoms with Crippen molar-refractivity contribution >= 4 is 5.97 Å². The molecular formula is C14H20O4. The second-order valence-corrected chi connectivity index (χ2v) is 3.91. The smallest absolute Gasteiger partial charge is 0.308 e. The summed E-state index contributed by atoms with van der Waals surface area (Å²) < 4.78 is 10.2. The predicted octanol–water partition coefficient (Wildman–Crippen LogP) is 1.73. The molecule has 0 bridgehead atoms. The second-order valence-electron chi connectivity index (χ2n) is 3.91. The number of hydrogen-bond donors (Lipinski definition) is 1. The van der Waals surface area contributed by atoms with Crippen LogP contribution >= 0.6 is 0 Å². The van der Waals surface area contributed by atoms with E-state index in [-0.39, 0.29) is 19.0 Å². The van der Waals surface area contributed by atoms with Gasteiger partial charge in [-0.2, -0.15) is 0 Å². The van der Waals surface area contributed by atoms with Gasteiger partial charge in [-0.1, -0.05) is 25.1 Å². The molecule has 0 aliphatic carbocycles. The summed E-state index contributed by atoms with van der Waals surface area (Å²) in [7, 11) is 1.36. The highest BCUT2D eigenvalue weighted by Gasteiger charge is 2.09. The standard InChI is InChI=1S/C14H20O4/c1-3-11-5-4-6-12(7-9-15)14(11)18-10-8-13(16)17-2/h4-6,15H,3,7-10H2,1-2H3. The van der Waals surface area contributed by atoms with Crippen molar-refractivity contribution < 1.29 is 19.4 Å². The van der Waals surface area contributed by atoms with Crippen molar-refractivity contribution in [3.05, 3.63) is 29.3 Å². The van der Waals surface area contributed by atoms with E-state index in [1.54, 1.807) is 0 Å². The summed E-state index contributed by atoms with van der Waals surface area (Å²) in [5.74, 6) is 0.505. The monoisotopic (exact) mass is 252 g/mol. The topological polar surface area (TPSA) is 55.8 Å². The Kier molecular flexibility index (Phi) is 6.22. The summed E-state index contributed by atoms with van der Waals surface area (Å²) in [6.07, 6.45) is 1.64. The van der Waals surface area contributed by atoms with E-state index < -0.39 is 0 Å². The molecule has 0 atom stereocenters. The van der Waals surface area contributed by atoms with Crippen molar-refractivity contribution in [3.63, 3.8) is 0 Å². The number of rotatable bonds is 7. The highest BCUT2D eigenvalue weighted by molar-refractivity contribution is 5.69. The Balaban J connectivity index is 2.74. The Hall–Kier alpha value is -1.55. The predicted molar refractivity (Wildman–Crippen MR) is 68.7 cm³/mol. The summed E-state index contributed by atoms with van der Waals surface area (Å²) in [6, 6.07) is 5.88. The fraction of sp³-hybridized carbons (Fsp3) is 0.500. The van der Waals surface area contributed by atoms with Crippen LogP contribution in [0.4, 0.5) is 0 Å². The number of hydrogen-bond acceptors (Lipinski definition) is 4. The number of ether oxygens (including phenoxy) is 2. The lowest BCUT2D eigenvalue weighted by Crippen LogP contribution is -2.10. The van der Waals surface area contributed by atoms with Crippen LogP contribution in [0.15, 0.2) is 18.2 Å². The van der Waals surface area contributed by atoms with Crippen molar-refractivity contribution in [1.82, 2.24) is 0 Å². The first-order valence-electron chi connectivity index (χ1n) is 6.14. The molecule has 0 aliphatic heterocycles. The average molecular weight is 252 g/mol. The number of carbonyl (C=O) groups excluding carboxylic acids is 1. The molecule has 0 heterocycles. The number of esters is 1. The van der Waals surface area contributed by atoms with Crippen LogP contribution in [0.1, 0.15) is 24.5 Å². The van der Waals surface area contributed by atoms with Gasteiger partial charge >= 0.3 is 5.97 Å².